The lowest BCUT2D eigenvalue weighted by Crippen LogP contribution is -2.36. The number of ether oxygens (including phenoxy) is 1. The minimum atomic E-state index is -4.84. The van der Waals surface area contributed by atoms with Gasteiger partial charge in [-0.25, -0.2) is 0 Å². The van der Waals surface area contributed by atoms with Gasteiger partial charge in [-0.05, 0) is 25.0 Å². The number of anilines is 1. The van der Waals surface area contributed by atoms with Crippen LogP contribution in [0.15, 0.2) is 18.2 Å². The second-order valence-electron chi connectivity index (χ2n) is 5.07. The fourth-order valence-corrected chi connectivity index (χ4v) is 2.47. The molecular formula is C14H17F3N2O2. The molecule has 0 aromatic heterocycles. The Morgan fingerprint density at radius 2 is 1.90 bits per heavy atom. The van der Waals surface area contributed by atoms with Crippen LogP contribution in [0.1, 0.15) is 42.5 Å². The van der Waals surface area contributed by atoms with Crippen LogP contribution >= 0.6 is 0 Å². The molecule has 1 amide bonds. The normalized spacial score (nSPS) is 16.5. The van der Waals surface area contributed by atoms with Crippen molar-refractivity contribution in [3.05, 3.63) is 23.8 Å². The number of para-hydroxylation sites is 1. The highest BCUT2D eigenvalue weighted by Gasteiger charge is 2.32. The highest BCUT2D eigenvalue weighted by Crippen LogP contribution is 2.30. The van der Waals surface area contributed by atoms with Gasteiger partial charge in [0.15, 0.2) is 5.75 Å². The molecule has 0 aliphatic heterocycles. The molecule has 1 saturated carbocycles. The molecule has 4 nitrogen and oxygen atoms in total. The van der Waals surface area contributed by atoms with Gasteiger partial charge >= 0.3 is 6.36 Å². The Labute approximate surface area is 120 Å². The standard InChI is InChI=1S/C14H17F3N2O2/c15-14(16,17)21-11-8-4-7-10(12(11)18)13(20)19-9-5-2-1-3-6-9/h4,7-9H,1-3,5-6,18H2,(H,19,20). The molecular weight excluding hydrogens is 285 g/mol. The Kier molecular flexibility index (Phi) is 4.59. The first kappa shape index (κ1) is 15.5. The lowest BCUT2D eigenvalue weighted by atomic mass is 9.95. The smallest absolute Gasteiger partial charge is 0.404 e. The van der Waals surface area contributed by atoms with Gasteiger partial charge in [-0.3, -0.25) is 4.79 Å². The van der Waals surface area contributed by atoms with Gasteiger partial charge in [-0.15, -0.1) is 13.2 Å². The van der Waals surface area contributed by atoms with Gasteiger partial charge in [0.25, 0.3) is 5.91 Å². The summed E-state index contributed by atoms with van der Waals surface area (Å²) >= 11 is 0. The van der Waals surface area contributed by atoms with Gasteiger partial charge in [0.2, 0.25) is 0 Å². The zero-order valence-corrected chi connectivity index (χ0v) is 11.4. The van der Waals surface area contributed by atoms with Crippen molar-refractivity contribution in [2.75, 3.05) is 5.73 Å². The largest absolute Gasteiger partial charge is 0.573 e. The predicted molar refractivity (Wildman–Crippen MR) is 71.9 cm³/mol. The Bertz CT molecular complexity index is 511. The fourth-order valence-electron chi connectivity index (χ4n) is 2.47. The third-order valence-electron chi connectivity index (χ3n) is 3.48. The Balaban J connectivity index is 2.11. The van der Waals surface area contributed by atoms with Crippen molar-refractivity contribution >= 4 is 11.6 Å². The van der Waals surface area contributed by atoms with E-state index in [0.717, 1.165) is 38.2 Å². The lowest BCUT2D eigenvalue weighted by molar-refractivity contribution is -0.274. The van der Waals surface area contributed by atoms with Crippen LogP contribution in [0.4, 0.5) is 18.9 Å². The van der Waals surface area contributed by atoms with E-state index < -0.39 is 18.0 Å². The molecule has 0 unspecified atom stereocenters. The first-order valence-corrected chi connectivity index (χ1v) is 6.82. The van der Waals surface area contributed by atoms with Crippen molar-refractivity contribution < 1.29 is 22.7 Å². The molecule has 0 radical (unpaired) electrons. The van der Waals surface area contributed by atoms with Crippen LogP contribution < -0.4 is 15.8 Å². The van der Waals surface area contributed by atoms with Crippen molar-refractivity contribution in [1.82, 2.24) is 5.32 Å². The van der Waals surface area contributed by atoms with Gasteiger partial charge in [-0.2, -0.15) is 0 Å². The van der Waals surface area contributed by atoms with Gasteiger partial charge in [-0.1, -0.05) is 25.3 Å². The predicted octanol–water partition coefficient (Wildman–Crippen LogP) is 3.23. The molecule has 1 aromatic carbocycles. The number of benzene rings is 1. The maximum absolute atomic E-state index is 12.2. The van der Waals surface area contributed by atoms with Crippen molar-refractivity contribution in [3.8, 4) is 5.75 Å². The summed E-state index contributed by atoms with van der Waals surface area (Å²) in [6, 6.07) is 3.84. The molecule has 1 aliphatic carbocycles. The molecule has 7 heteroatoms. The summed E-state index contributed by atoms with van der Waals surface area (Å²) in [7, 11) is 0. The average Bonchev–Trinajstić information content (AvgIpc) is 2.40. The van der Waals surface area contributed by atoms with Crippen molar-refractivity contribution in [3.63, 3.8) is 0 Å². The van der Waals surface area contributed by atoms with E-state index in [1.807, 2.05) is 0 Å². The zero-order valence-electron chi connectivity index (χ0n) is 11.4. The van der Waals surface area contributed by atoms with E-state index in [1.165, 1.54) is 12.1 Å². The lowest BCUT2D eigenvalue weighted by Gasteiger charge is -2.23. The quantitative estimate of drug-likeness (QED) is 0.843. The second-order valence-corrected chi connectivity index (χ2v) is 5.07. The molecule has 0 heterocycles. The number of carbonyl (C=O) groups is 1. The first-order chi connectivity index (χ1) is 9.87. The minimum absolute atomic E-state index is 0.00215. The number of rotatable bonds is 3. The van der Waals surface area contributed by atoms with Crippen LogP contribution in [0.5, 0.6) is 5.75 Å². The number of carbonyl (C=O) groups excluding carboxylic acids is 1. The summed E-state index contributed by atoms with van der Waals surface area (Å²) < 4.78 is 40.6. The van der Waals surface area contributed by atoms with Crippen LogP contribution in [0, 0.1) is 0 Å². The second kappa shape index (κ2) is 6.24. The topological polar surface area (TPSA) is 64.3 Å². The maximum Gasteiger partial charge on any atom is 0.573 e. The number of alkyl halides is 3. The number of halogens is 3. The van der Waals surface area contributed by atoms with E-state index in [1.54, 1.807) is 0 Å². The van der Waals surface area contributed by atoms with Gasteiger partial charge in [0.1, 0.15) is 0 Å². The molecule has 2 rings (SSSR count). The zero-order chi connectivity index (χ0) is 15.5. The van der Waals surface area contributed by atoms with E-state index in [2.05, 4.69) is 10.1 Å². The third kappa shape index (κ3) is 4.27. The first-order valence-electron chi connectivity index (χ1n) is 6.82. The van der Waals surface area contributed by atoms with Crippen LogP contribution in [-0.4, -0.2) is 18.3 Å². The molecule has 1 aliphatic rings. The molecule has 0 atom stereocenters. The van der Waals surface area contributed by atoms with Crippen LogP contribution in [-0.2, 0) is 0 Å². The molecule has 1 fully saturated rings. The van der Waals surface area contributed by atoms with Gasteiger partial charge < -0.3 is 15.8 Å². The highest BCUT2D eigenvalue weighted by molar-refractivity contribution is 6.00. The minimum Gasteiger partial charge on any atom is -0.404 e. The number of nitrogens with one attached hydrogen (secondary N) is 1. The van der Waals surface area contributed by atoms with E-state index in [9.17, 15) is 18.0 Å². The van der Waals surface area contributed by atoms with E-state index >= 15 is 0 Å². The van der Waals surface area contributed by atoms with Crippen molar-refractivity contribution in [2.45, 2.75) is 44.5 Å². The van der Waals surface area contributed by atoms with Crippen LogP contribution in [0.25, 0.3) is 0 Å². The van der Waals surface area contributed by atoms with Crippen molar-refractivity contribution in [1.29, 1.82) is 0 Å². The van der Waals surface area contributed by atoms with E-state index in [-0.39, 0.29) is 17.3 Å². The van der Waals surface area contributed by atoms with Crippen LogP contribution in [0.3, 0.4) is 0 Å². The molecule has 21 heavy (non-hydrogen) atoms. The Morgan fingerprint density at radius 3 is 2.52 bits per heavy atom. The summed E-state index contributed by atoms with van der Waals surface area (Å²) in [5.74, 6) is -1.02. The number of hydrogen-bond donors (Lipinski definition) is 2. The molecule has 3 N–H and O–H groups in total. The Morgan fingerprint density at radius 1 is 1.24 bits per heavy atom. The molecule has 0 bridgehead atoms. The number of nitrogens with two attached hydrogens (primary N) is 1. The summed E-state index contributed by atoms with van der Waals surface area (Å²) in [5.41, 5.74) is 5.31. The number of hydrogen-bond acceptors (Lipinski definition) is 3. The number of nitrogen functional groups attached to an aromatic ring is 1. The molecule has 1 aromatic rings. The fraction of sp³-hybridized carbons (Fsp3) is 0.500. The Hall–Kier alpha value is -1.92. The van der Waals surface area contributed by atoms with Crippen LogP contribution in [0.2, 0.25) is 0 Å². The molecule has 0 spiro atoms. The summed E-state index contributed by atoms with van der Waals surface area (Å²) in [5, 5.41) is 2.81. The molecule has 0 saturated heterocycles. The van der Waals surface area contributed by atoms with E-state index in [4.69, 9.17) is 5.73 Å². The third-order valence-corrected chi connectivity index (χ3v) is 3.48. The molecule has 116 valence electrons. The van der Waals surface area contributed by atoms with Gasteiger partial charge in [0.05, 0.1) is 11.3 Å². The number of amides is 1. The summed E-state index contributed by atoms with van der Waals surface area (Å²) in [6.07, 6.45) is 0.139. The summed E-state index contributed by atoms with van der Waals surface area (Å²) in [6.45, 7) is 0. The monoisotopic (exact) mass is 302 g/mol. The van der Waals surface area contributed by atoms with Gasteiger partial charge in [0, 0.05) is 6.04 Å². The SMILES string of the molecule is Nc1c(OC(F)(F)F)cccc1C(=O)NC1CCCCC1. The van der Waals surface area contributed by atoms with Crippen molar-refractivity contribution in [2.24, 2.45) is 0 Å². The summed E-state index contributed by atoms with van der Waals surface area (Å²) in [4.78, 5) is 12.1. The maximum atomic E-state index is 12.2. The van der Waals surface area contributed by atoms with E-state index in [0.29, 0.717) is 0 Å². The highest BCUT2D eigenvalue weighted by atomic mass is 19.4. The average molecular weight is 302 g/mol.